The van der Waals surface area contributed by atoms with Gasteiger partial charge in [0.15, 0.2) is 0 Å². The number of aromatic nitrogens is 2. The van der Waals surface area contributed by atoms with E-state index in [0.29, 0.717) is 19.4 Å². The molecule has 3 aromatic rings. The van der Waals surface area contributed by atoms with Gasteiger partial charge in [-0.1, -0.05) is 48.5 Å². The molecule has 0 saturated heterocycles. The van der Waals surface area contributed by atoms with Crippen molar-refractivity contribution in [2.24, 2.45) is 0 Å². The molecular weight excluding hydrogens is 436 g/mol. The number of imidazole rings is 1. The van der Waals surface area contributed by atoms with E-state index in [2.05, 4.69) is 39.9 Å². The second-order valence-corrected chi connectivity index (χ2v) is 8.06. The molecule has 2 aromatic carbocycles. The van der Waals surface area contributed by atoms with Crippen LogP contribution < -0.4 is 10.6 Å². The molecular formula is C25H26N4O5. The molecule has 0 saturated carbocycles. The summed E-state index contributed by atoms with van der Waals surface area (Å²) in [5, 5.41) is 14.5. The van der Waals surface area contributed by atoms with Crippen molar-refractivity contribution in [1.82, 2.24) is 20.2 Å². The summed E-state index contributed by atoms with van der Waals surface area (Å²) in [4.78, 5) is 39.4. The minimum atomic E-state index is -1.11. The zero-order chi connectivity index (χ0) is 23.9. The lowest BCUT2D eigenvalue weighted by Gasteiger charge is -2.15. The molecule has 3 N–H and O–H groups in total. The van der Waals surface area contributed by atoms with Gasteiger partial charge in [0.05, 0.1) is 0 Å². The number of carbonyl (C=O) groups is 3. The molecule has 1 aliphatic rings. The lowest BCUT2D eigenvalue weighted by atomic mass is 9.98. The minimum absolute atomic E-state index is 0.00594. The molecule has 0 spiro atoms. The third kappa shape index (κ3) is 5.25. The minimum Gasteiger partial charge on any atom is -0.480 e. The van der Waals surface area contributed by atoms with Crippen LogP contribution in [-0.4, -0.2) is 51.9 Å². The van der Waals surface area contributed by atoms with E-state index in [1.807, 2.05) is 24.3 Å². The van der Waals surface area contributed by atoms with Crippen molar-refractivity contribution in [1.29, 1.82) is 0 Å². The summed E-state index contributed by atoms with van der Waals surface area (Å²) in [6, 6.07) is 14.7. The van der Waals surface area contributed by atoms with Gasteiger partial charge in [-0.2, -0.15) is 0 Å². The molecule has 4 rings (SSSR count). The summed E-state index contributed by atoms with van der Waals surface area (Å²) in [7, 11) is 0. The van der Waals surface area contributed by atoms with E-state index in [0.717, 1.165) is 11.1 Å². The van der Waals surface area contributed by atoms with Crippen LogP contribution in [0.2, 0.25) is 0 Å². The van der Waals surface area contributed by atoms with Gasteiger partial charge in [-0.05, 0) is 41.5 Å². The van der Waals surface area contributed by atoms with Crippen LogP contribution in [0.3, 0.4) is 0 Å². The molecule has 9 nitrogen and oxygen atoms in total. The van der Waals surface area contributed by atoms with Crippen molar-refractivity contribution >= 4 is 18.1 Å². The summed E-state index contributed by atoms with van der Waals surface area (Å²) < 4.78 is 6.66. The second-order valence-electron chi connectivity index (χ2n) is 8.06. The fourth-order valence-corrected chi connectivity index (χ4v) is 4.17. The number of alkyl carbamates (subject to hydrolysis) is 1. The lowest BCUT2D eigenvalue weighted by molar-refractivity contribution is -0.139. The SMILES string of the molecule is O=C(NCCCCC(NC(=O)n1ccnc1)C(=O)O)OCC1c2ccccc2-c2ccccc21. The molecule has 0 bridgehead atoms. The largest absolute Gasteiger partial charge is 0.480 e. The Kier molecular flexibility index (Phi) is 7.22. The first-order valence-electron chi connectivity index (χ1n) is 11.1. The number of amides is 2. The predicted octanol–water partition coefficient (Wildman–Crippen LogP) is 3.60. The van der Waals surface area contributed by atoms with Crippen molar-refractivity contribution in [2.75, 3.05) is 13.2 Å². The van der Waals surface area contributed by atoms with Crippen LogP contribution >= 0.6 is 0 Å². The Morgan fingerprint density at radius 1 is 1.03 bits per heavy atom. The molecule has 1 aromatic heterocycles. The number of ether oxygens (including phenoxy) is 1. The summed E-state index contributed by atoms with van der Waals surface area (Å²) in [6.45, 7) is 0.583. The van der Waals surface area contributed by atoms with E-state index in [9.17, 15) is 19.5 Å². The van der Waals surface area contributed by atoms with E-state index in [-0.39, 0.29) is 18.9 Å². The van der Waals surface area contributed by atoms with Crippen LogP contribution in [-0.2, 0) is 9.53 Å². The van der Waals surface area contributed by atoms with Gasteiger partial charge in [0.25, 0.3) is 0 Å². The predicted molar refractivity (Wildman–Crippen MR) is 125 cm³/mol. The normalized spacial score (nSPS) is 12.9. The van der Waals surface area contributed by atoms with Crippen molar-refractivity contribution < 1.29 is 24.2 Å². The van der Waals surface area contributed by atoms with Gasteiger partial charge in [0.1, 0.15) is 19.0 Å². The van der Waals surface area contributed by atoms with Gasteiger partial charge >= 0.3 is 18.1 Å². The van der Waals surface area contributed by atoms with Gasteiger partial charge in [-0.15, -0.1) is 0 Å². The van der Waals surface area contributed by atoms with Crippen molar-refractivity contribution in [2.45, 2.75) is 31.2 Å². The highest BCUT2D eigenvalue weighted by Crippen LogP contribution is 2.44. The molecule has 2 amide bonds. The summed E-state index contributed by atoms with van der Waals surface area (Å²) in [5.41, 5.74) is 4.63. The summed E-state index contributed by atoms with van der Waals surface area (Å²) in [6.07, 6.45) is 4.95. The maximum absolute atomic E-state index is 12.2. The highest BCUT2D eigenvalue weighted by Gasteiger charge is 2.29. The van der Waals surface area contributed by atoms with Gasteiger partial charge in [0, 0.05) is 24.9 Å². The molecule has 176 valence electrons. The van der Waals surface area contributed by atoms with Crippen molar-refractivity contribution in [3.63, 3.8) is 0 Å². The fourth-order valence-electron chi connectivity index (χ4n) is 4.17. The molecule has 1 aliphatic carbocycles. The lowest BCUT2D eigenvalue weighted by Crippen LogP contribution is -2.42. The third-order valence-corrected chi connectivity index (χ3v) is 5.87. The fraction of sp³-hybridized carbons (Fsp3) is 0.280. The Balaban J connectivity index is 1.19. The standard InChI is InChI=1S/C25H26N4O5/c30-23(31)22(28-24(32)29-14-13-26-16-29)11-5-6-12-27-25(33)34-15-21-19-9-3-1-7-17(19)18-8-2-4-10-20(18)21/h1-4,7-10,13-14,16,21-22H,5-6,11-12,15H2,(H,27,33)(H,28,32)(H,30,31). The zero-order valence-corrected chi connectivity index (χ0v) is 18.5. The van der Waals surface area contributed by atoms with E-state index in [1.54, 1.807) is 0 Å². The van der Waals surface area contributed by atoms with Gasteiger partial charge < -0.3 is 20.5 Å². The Hall–Kier alpha value is -4.14. The van der Waals surface area contributed by atoms with Gasteiger partial charge in [-0.25, -0.2) is 19.4 Å². The van der Waals surface area contributed by atoms with E-state index >= 15 is 0 Å². The monoisotopic (exact) mass is 462 g/mol. The van der Waals surface area contributed by atoms with Crippen LogP contribution in [0.15, 0.2) is 67.3 Å². The molecule has 0 radical (unpaired) electrons. The molecule has 1 heterocycles. The Morgan fingerprint density at radius 2 is 1.71 bits per heavy atom. The number of hydrogen-bond acceptors (Lipinski definition) is 5. The zero-order valence-electron chi connectivity index (χ0n) is 18.5. The topological polar surface area (TPSA) is 123 Å². The molecule has 34 heavy (non-hydrogen) atoms. The average Bonchev–Trinajstić information content (AvgIpc) is 3.49. The van der Waals surface area contributed by atoms with Crippen LogP contribution in [0.25, 0.3) is 11.1 Å². The first kappa shape index (κ1) is 23.0. The average molecular weight is 463 g/mol. The number of fused-ring (bicyclic) bond motifs is 3. The smallest absolute Gasteiger partial charge is 0.407 e. The van der Waals surface area contributed by atoms with Crippen LogP contribution in [0, 0.1) is 0 Å². The maximum Gasteiger partial charge on any atom is 0.407 e. The number of carboxylic acid groups (broad SMARTS) is 1. The number of nitrogens with zero attached hydrogens (tertiary/aromatic N) is 2. The number of carbonyl (C=O) groups excluding carboxylic acids is 2. The highest BCUT2D eigenvalue weighted by molar-refractivity contribution is 5.83. The highest BCUT2D eigenvalue weighted by atomic mass is 16.5. The summed E-state index contributed by atoms with van der Waals surface area (Å²) >= 11 is 0. The Labute approximate surface area is 196 Å². The van der Waals surface area contributed by atoms with Crippen molar-refractivity contribution in [3.05, 3.63) is 78.4 Å². The van der Waals surface area contributed by atoms with E-state index < -0.39 is 24.1 Å². The second kappa shape index (κ2) is 10.7. The Morgan fingerprint density at radius 3 is 2.32 bits per heavy atom. The van der Waals surface area contributed by atoms with Gasteiger partial charge in [0.2, 0.25) is 0 Å². The number of aliphatic carboxylic acids is 1. The van der Waals surface area contributed by atoms with Crippen LogP contribution in [0.1, 0.15) is 36.3 Å². The molecule has 0 aliphatic heterocycles. The quantitative estimate of drug-likeness (QED) is 0.418. The number of rotatable bonds is 9. The molecule has 9 heteroatoms. The van der Waals surface area contributed by atoms with Crippen LogP contribution in [0.5, 0.6) is 0 Å². The number of benzene rings is 2. The number of nitrogens with one attached hydrogen (secondary N) is 2. The number of hydrogen-bond donors (Lipinski definition) is 3. The molecule has 0 fully saturated rings. The first-order chi connectivity index (χ1) is 16.5. The third-order valence-electron chi connectivity index (χ3n) is 5.87. The van der Waals surface area contributed by atoms with Crippen LogP contribution in [0.4, 0.5) is 9.59 Å². The first-order valence-corrected chi connectivity index (χ1v) is 11.1. The summed E-state index contributed by atoms with van der Waals surface area (Å²) in [5.74, 6) is -1.12. The van der Waals surface area contributed by atoms with Crippen molar-refractivity contribution in [3.8, 4) is 11.1 Å². The van der Waals surface area contributed by atoms with E-state index in [1.165, 1.54) is 34.4 Å². The maximum atomic E-state index is 12.2. The number of unbranched alkanes of at least 4 members (excludes halogenated alkanes) is 1. The Bertz CT molecular complexity index is 1120. The molecule has 1 atom stereocenters. The molecule has 1 unspecified atom stereocenters. The number of carboxylic acids is 1. The van der Waals surface area contributed by atoms with Gasteiger partial charge in [-0.3, -0.25) is 4.57 Å². The van der Waals surface area contributed by atoms with E-state index in [4.69, 9.17) is 4.74 Å².